The molecule has 6 amide bonds. The van der Waals surface area contributed by atoms with E-state index in [1.807, 2.05) is 6.92 Å². The summed E-state index contributed by atoms with van der Waals surface area (Å²) < 4.78 is 54.9. The molecule has 1 fully saturated rings. The van der Waals surface area contributed by atoms with Gasteiger partial charge < -0.3 is 74.0 Å². The van der Waals surface area contributed by atoms with E-state index in [0.717, 1.165) is 36.3 Å². The Morgan fingerprint density at radius 1 is 0.667 bits per heavy atom. The fourth-order valence-corrected chi connectivity index (χ4v) is 6.94. The zero-order chi connectivity index (χ0) is 51.4. The molecule has 24 heteroatoms. The van der Waals surface area contributed by atoms with E-state index in [9.17, 15) is 28.8 Å². The number of fused-ring (bicyclic) bond motifs is 1. The number of pyridine rings is 1. The molecule has 3 aliphatic heterocycles. The second-order valence-electron chi connectivity index (χ2n) is 16.3. The Morgan fingerprint density at radius 3 is 1.68 bits per heavy atom. The van der Waals surface area contributed by atoms with Crippen LogP contribution in [0.25, 0.3) is 6.08 Å². The van der Waals surface area contributed by atoms with Crippen molar-refractivity contribution in [2.45, 2.75) is 45.1 Å². The summed E-state index contributed by atoms with van der Waals surface area (Å²) in [5.74, 6) is -1.76. The van der Waals surface area contributed by atoms with Crippen LogP contribution in [-0.2, 0) is 71.3 Å². The van der Waals surface area contributed by atoms with Gasteiger partial charge in [-0.2, -0.15) is 0 Å². The van der Waals surface area contributed by atoms with Gasteiger partial charge >= 0.3 is 0 Å². The average Bonchev–Trinajstić information content (AvgIpc) is 3.57. The number of nitrogens with zero attached hydrogens (tertiary/aromatic N) is 4. The number of carbonyl (C=O) groups is 6. The molecule has 0 spiro atoms. The highest BCUT2D eigenvalue weighted by Gasteiger charge is 2.28. The number of imide groups is 1. The number of ether oxygens (including phenoxy) is 10. The molecule has 1 aromatic rings. The Morgan fingerprint density at radius 2 is 1.17 bits per heavy atom. The molecule has 1 aromatic heterocycles. The molecule has 0 radical (unpaired) electrons. The molecule has 3 aliphatic rings. The molecule has 4 rings (SSSR count). The molecular formula is C48H74N8O16. The van der Waals surface area contributed by atoms with E-state index in [-0.39, 0.29) is 68.7 Å². The lowest BCUT2D eigenvalue weighted by atomic mass is 10.0. The van der Waals surface area contributed by atoms with Crippen LogP contribution >= 0.6 is 0 Å². The number of hydrogen-bond donors (Lipinski definition) is 4. The molecule has 0 bridgehead atoms. The third kappa shape index (κ3) is 24.9. The average molecular weight is 1020 g/mol. The van der Waals surface area contributed by atoms with Crippen LogP contribution in [0.15, 0.2) is 35.0 Å². The van der Waals surface area contributed by atoms with Crippen LogP contribution in [0.1, 0.15) is 55.1 Å². The lowest BCUT2D eigenvalue weighted by Crippen LogP contribution is -2.49. The molecule has 72 heavy (non-hydrogen) atoms. The van der Waals surface area contributed by atoms with E-state index in [0.29, 0.717) is 161 Å². The van der Waals surface area contributed by atoms with E-state index >= 15 is 0 Å². The smallest absolute Gasteiger partial charge is 0.255 e. The normalized spacial score (nSPS) is 15.5. The summed E-state index contributed by atoms with van der Waals surface area (Å²) in [5.41, 5.74) is 7.82. The lowest BCUT2D eigenvalue weighted by Gasteiger charge is -2.33. The monoisotopic (exact) mass is 1020 g/mol. The van der Waals surface area contributed by atoms with Crippen molar-refractivity contribution in [2.75, 3.05) is 165 Å². The Hall–Kier alpha value is -5.28. The van der Waals surface area contributed by atoms with E-state index in [2.05, 4.69) is 25.9 Å². The summed E-state index contributed by atoms with van der Waals surface area (Å²) in [6.45, 7) is 11.3. The van der Waals surface area contributed by atoms with Crippen LogP contribution in [-0.4, -0.2) is 227 Å². The molecule has 1 atom stereocenters. The summed E-state index contributed by atoms with van der Waals surface area (Å²) in [6, 6.07) is 1.46. The van der Waals surface area contributed by atoms with Crippen molar-refractivity contribution < 1.29 is 76.1 Å². The predicted octanol–water partition coefficient (Wildman–Crippen LogP) is -0.298. The van der Waals surface area contributed by atoms with Gasteiger partial charge in [-0.15, -0.1) is 0 Å². The second-order valence-corrected chi connectivity index (χ2v) is 16.3. The van der Waals surface area contributed by atoms with Gasteiger partial charge in [0.2, 0.25) is 17.7 Å². The van der Waals surface area contributed by atoms with Crippen molar-refractivity contribution in [3.63, 3.8) is 0 Å². The van der Waals surface area contributed by atoms with E-state index < -0.39 is 17.7 Å². The van der Waals surface area contributed by atoms with Crippen LogP contribution < -0.4 is 21.7 Å². The van der Waals surface area contributed by atoms with Crippen molar-refractivity contribution in [1.29, 1.82) is 0 Å². The van der Waals surface area contributed by atoms with Gasteiger partial charge in [-0.1, -0.05) is 6.92 Å². The van der Waals surface area contributed by atoms with Crippen molar-refractivity contribution >= 4 is 53.0 Å². The number of likely N-dealkylation sites (tertiary alicyclic amines) is 1. The minimum atomic E-state index is -0.500. The third-order valence-corrected chi connectivity index (χ3v) is 10.6. The first-order valence-electron chi connectivity index (χ1n) is 24.6. The number of amidine groups is 1. The van der Waals surface area contributed by atoms with Crippen LogP contribution in [0.2, 0.25) is 0 Å². The van der Waals surface area contributed by atoms with Crippen molar-refractivity contribution in [2.24, 2.45) is 10.7 Å². The van der Waals surface area contributed by atoms with Crippen molar-refractivity contribution in [1.82, 2.24) is 30.7 Å². The van der Waals surface area contributed by atoms with Crippen molar-refractivity contribution in [3.05, 3.63) is 41.2 Å². The van der Waals surface area contributed by atoms with E-state index in [1.165, 1.54) is 6.20 Å². The van der Waals surface area contributed by atoms with Crippen LogP contribution in [0.5, 0.6) is 0 Å². The van der Waals surface area contributed by atoms with Gasteiger partial charge in [0.05, 0.1) is 149 Å². The zero-order valence-electron chi connectivity index (χ0n) is 41.6. The summed E-state index contributed by atoms with van der Waals surface area (Å²) in [7, 11) is 0. The van der Waals surface area contributed by atoms with Gasteiger partial charge in [0.1, 0.15) is 12.4 Å². The quantitative estimate of drug-likeness (QED) is 0.0485. The number of hydrogen-bond acceptors (Lipinski definition) is 19. The predicted molar refractivity (Wildman–Crippen MR) is 260 cm³/mol. The fourth-order valence-electron chi connectivity index (χ4n) is 6.94. The first kappa shape index (κ1) is 59.3. The number of nitrogens with one attached hydrogen (secondary N) is 3. The Balaban J connectivity index is 0.839. The number of aliphatic imine (C=N–C) groups is 1. The minimum absolute atomic E-state index is 0.150. The van der Waals surface area contributed by atoms with Crippen LogP contribution in [0.3, 0.4) is 0 Å². The highest BCUT2D eigenvalue weighted by atomic mass is 16.6. The second kappa shape index (κ2) is 36.6. The zero-order valence-corrected chi connectivity index (χ0v) is 41.6. The molecular weight excluding hydrogens is 945 g/mol. The van der Waals surface area contributed by atoms with Crippen LogP contribution in [0, 0.1) is 0 Å². The molecule has 0 saturated carbocycles. The number of amides is 6. The van der Waals surface area contributed by atoms with Crippen molar-refractivity contribution in [3.8, 4) is 0 Å². The number of nitrogens with two attached hydrogens (primary N) is 1. The number of aromatic nitrogens is 1. The Bertz CT molecular complexity index is 1900. The van der Waals surface area contributed by atoms with Gasteiger partial charge in [-0.05, 0) is 31.4 Å². The van der Waals surface area contributed by atoms with Crippen LogP contribution in [0.4, 0.5) is 5.69 Å². The van der Waals surface area contributed by atoms with E-state index in [4.69, 9.17) is 53.1 Å². The first-order chi connectivity index (χ1) is 35.1. The van der Waals surface area contributed by atoms with Gasteiger partial charge in [0, 0.05) is 69.0 Å². The maximum absolute atomic E-state index is 13.5. The maximum atomic E-state index is 13.5. The molecule has 1 unspecified atom stereocenters. The Kier molecular flexibility index (Phi) is 30.1. The molecule has 4 heterocycles. The SMILES string of the molecule is CCCNC(=O)C1=Cc2ncc(C(=O)N3CCCC(NC(=O)CCOCCOCCOCCOCCOCCOCCOCCOCCOCCOCCNC(=O)CN4C(=O)C=CC4=O)C3)cc2N=C(N)C1. The highest BCUT2D eigenvalue weighted by Crippen LogP contribution is 2.27. The van der Waals surface area contributed by atoms with Gasteiger partial charge in [0.25, 0.3) is 17.7 Å². The standard InChI is InChI=1S/C48H74N8O16/c1-2-8-51-47(61)37-31-40-41(54-42(49)33-37)32-38(34-52-40)48(62)55-10-3-4-39(35-55)53-43(57)7-11-63-13-15-65-17-19-67-21-23-69-25-27-71-29-30-72-28-26-70-24-22-68-20-18-66-16-14-64-12-9-50-44(58)36-56-45(59)5-6-46(56)60/h5-6,31-32,34,39H,2-4,7-30,33,35-36H2,1H3,(H2,49,54)(H,50,58)(H,51,61)(H,53,57). The number of piperidine rings is 1. The Labute approximate surface area is 420 Å². The molecule has 24 nitrogen and oxygen atoms in total. The molecule has 0 aliphatic carbocycles. The van der Waals surface area contributed by atoms with E-state index in [1.54, 1.807) is 17.0 Å². The first-order valence-corrected chi connectivity index (χ1v) is 24.6. The molecule has 1 saturated heterocycles. The minimum Gasteiger partial charge on any atom is -0.387 e. The molecule has 5 N–H and O–H groups in total. The summed E-state index contributed by atoms with van der Waals surface area (Å²) in [5, 5.41) is 8.46. The largest absolute Gasteiger partial charge is 0.387 e. The summed E-state index contributed by atoms with van der Waals surface area (Å²) in [4.78, 5) is 84.9. The highest BCUT2D eigenvalue weighted by molar-refractivity contribution is 6.14. The van der Waals surface area contributed by atoms with Gasteiger partial charge in [-0.3, -0.25) is 38.7 Å². The number of rotatable bonds is 40. The number of carbonyl (C=O) groups excluding carboxylic acids is 6. The lowest BCUT2D eigenvalue weighted by molar-refractivity contribution is -0.141. The maximum Gasteiger partial charge on any atom is 0.255 e. The molecule has 0 aromatic carbocycles. The molecule has 402 valence electrons. The third-order valence-electron chi connectivity index (χ3n) is 10.6. The van der Waals surface area contributed by atoms with Gasteiger partial charge in [-0.25, -0.2) is 4.99 Å². The topological polar surface area (TPSA) is 289 Å². The van der Waals surface area contributed by atoms with Gasteiger partial charge in [0.15, 0.2) is 0 Å². The summed E-state index contributed by atoms with van der Waals surface area (Å²) >= 11 is 0. The summed E-state index contributed by atoms with van der Waals surface area (Å²) in [6.07, 6.45) is 8.08. The fraction of sp³-hybridized carbons (Fsp3) is 0.667.